The molecule has 29 heavy (non-hydrogen) atoms. The van der Waals surface area contributed by atoms with Gasteiger partial charge >= 0.3 is 6.61 Å². The maximum Gasteiger partial charge on any atom is 0.387 e. The molecule has 2 aromatic heterocycles. The topological polar surface area (TPSA) is 85.2 Å². The lowest BCUT2D eigenvalue weighted by molar-refractivity contribution is -0.0498. The molecule has 0 amide bonds. The number of hydrogen-bond donors (Lipinski definition) is 2. The molecule has 8 heteroatoms. The monoisotopic (exact) mass is 412 g/mol. The van der Waals surface area contributed by atoms with Gasteiger partial charge in [0.25, 0.3) is 0 Å². The van der Waals surface area contributed by atoms with Crippen LogP contribution in [0.1, 0.15) is 15.9 Å². The molecular weight excluding hydrogens is 398 g/mol. The lowest BCUT2D eigenvalue weighted by Gasteiger charge is -2.10. The van der Waals surface area contributed by atoms with Gasteiger partial charge in [-0.2, -0.15) is 8.78 Å². The molecule has 4 rings (SSSR count). The van der Waals surface area contributed by atoms with E-state index in [9.17, 15) is 18.4 Å². The smallest absolute Gasteiger partial charge is 0.387 e. The zero-order valence-electron chi connectivity index (χ0n) is 14.8. The first-order chi connectivity index (χ1) is 13.9. The SMILES string of the molecule is Nc1c(C(=O)c2ccc(OC(F)F)cc2)cccc1-c1cc2ccc(=O)[nH]c2s1. The molecule has 0 saturated carbocycles. The van der Waals surface area contributed by atoms with Crippen LogP contribution in [0.4, 0.5) is 14.5 Å². The highest BCUT2D eigenvalue weighted by Gasteiger charge is 2.17. The minimum Gasteiger partial charge on any atom is -0.435 e. The number of benzene rings is 2. The second kappa shape index (κ2) is 7.48. The van der Waals surface area contributed by atoms with E-state index in [1.165, 1.54) is 41.7 Å². The van der Waals surface area contributed by atoms with Crippen molar-refractivity contribution >= 4 is 33.0 Å². The fourth-order valence-electron chi connectivity index (χ4n) is 3.00. The first-order valence-electron chi connectivity index (χ1n) is 8.53. The molecule has 2 heterocycles. The number of para-hydroxylation sites is 1. The summed E-state index contributed by atoms with van der Waals surface area (Å²) in [6.07, 6.45) is 0. The number of nitrogen functional groups attached to an aromatic ring is 1. The Kier molecular flexibility index (Phi) is 4.85. The Morgan fingerprint density at radius 3 is 2.55 bits per heavy atom. The molecule has 0 spiro atoms. The van der Waals surface area contributed by atoms with Crippen LogP contribution in [0.15, 0.2) is 65.5 Å². The van der Waals surface area contributed by atoms with Crippen molar-refractivity contribution in [1.29, 1.82) is 0 Å². The molecular formula is C21H14F2N2O3S. The molecule has 0 bridgehead atoms. The number of fused-ring (bicyclic) bond motifs is 1. The number of carbonyl (C=O) groups excluding carboxylic acids is 1. The van der Waals surface area contributed by atoms with Gasteiger partial charge in [-0.05, 0) is 42.5 Å². The number of halogens is 2. The predicted molar refractivity (Wildman–Crippen MR) is 109 cm³/mol. The molecule has 3 N–H and O–H groups in total. The zero-order valence-corrected chi connectivity index (χ0v) is 15.6. The Labute approximate surface area is 167 Å². The van der Waals surface area contributed by atoms with Gasteiger partial charge in [0.15, 0.2) is 5.78 Å². The van der Waals surface area contributed by atoms with Gasteiger partial charge in [0.2, 0.25) is 5.56 Å². The molecule has 146 valence electrons. The number of aromatic amines is 1. The van der Waals surface area contributed by atoms with Gasteiger partial charge in [-0.25, -0.2) is 0 Å². The number of nitrogens with two attached hydrogens (primary N) is 1. The van der Waals surface area contributed by atoms with E-state index in [4.69, 9.17) is 5.73 Å². The van der Waals surface area contributed by atoms with Crippen LogP contribution >= 0.6 is 11.3 Å². The highest BCUT2D eigenvalue weighted by molar-refractivity contribution is 7.21. The van der Waals surface area contributed by atoms with E-state index < -0.39 is 6.61 Å². The fourth-order valence-corrected chi connectivity index (χ4v) is 4.09. The minimum atomic E-state index is -2.93. The van der Waals surface area contributed by atoms with Crippen LogP contribution in [0.2, 0.25) is 0 Å². The van der Waals surface area contributed by atoms with E-state index >= 15 is 0 Å². The van der Waals surface area contributed by atoms with E-state index in [-0.39, 0.29) is 17.1 Å². The number of hydrogen-bond acceptors (Lipinski definition) is 5. The van der Waals surface area contributed by atoms with Crippen LogP contribution in [0.3, 0.4) is 0 Å². The van der Waals surface area contributed by atoms with E-state index in [1.54, 1.807) is 24.3 Å². The number of ether oxygens (including phenoxy) is 1. The Hall–Kier alpha value is -3.52. The summed E-state index contributed by atoms with van der Waals surface area (Å²) in [7, 11) is 0. The van der Waals surface area contributed by atoms with Gasteiger partial charge in [0, 0.05) is 33.0 Å². The highest BCUT2D eigenvalue weighted by Crippen LogP contribution is 2.37. The number of H-pyrrole nitrogens is 1. The third kappa shape index (κ3) is 3.74. The van der Waals surface area contributed by atoms with Gasteiger partial charge in [-0.1, -0.05) is 12.1 Å². The zero-order chi connectivity index (χ0) is 20.5. The van der Waals surface area contributed by atoms with E-state index in [0.717, 1.165) is 15.1 Å². The molecule has 0 atom stereocenters. The van der Waals surface area contributed by atoms with Crippen molar-refractivity contribution in [2.75, 3.05) is 5.73 Å². The number of thiophene rings is 1. The van der Waals surface area contributed by atoms with Crippen LogP contribution < -0.4 is 16.0 Å². The molecule has 0 saturated heterocycles. The molecule has 0 aliphatic carbocycles. The second-order valence-corrected chi connectivity index (χ2v) is 7.27. The van der Waals surface area contributed by atoms with Crippen molar-refractivity contribution in [3.63, 3.8) is 0 Å². The van der Waals surface area contributed by atoms with Crippen LogP contribution in [0.25, 0.3) is 20.7 Å². The van der Waals surface area contributed by atoms with Crippen molar-refractivity contribution in [2.24, 2.45) is 0 Å². The van der Waals surface area contributed by atoms with Gasteiger partial charge in [0.05, 0.1) is 5.69 Å². The molecule has 0 radical (unpaired) electrons. The fraction of sp³-hybridized carbons (Fsp3) is 0.0476. The number of ketones is 1. The number of alkyl halides is 2. The number of anilines is 1. The molecule has 2 aromatic carbocycles. The molecule has 5 nitrogen and oxygen atoms in total. The largest absolute Gasteiger partial charge is 0.435 e. The average molecular weight is 412 g/mol. The van der Waals surface area contributed by atoms with E-state index in [2.05, 4.69) is 9.72 Å². The highest BCUT2D eigenvalue weighted by atomic mass is 32.1. The summed E-state index contributed by atoms with van der Waals surface area (Å²) in [4.78, 5) is 28.7. The average Bonchev–Trinajstić information content (AvgIpc) is 3.10. The van der Waals surface area contributed by atoms with E-state index in [0.29, 0.717) is 22.4 Å². The summed E-state index contributed by atoms with van der Waals surface area (Å²) in [6, 6.07) is 15.6. The number of rotatable bonds is 5. The molecule has 4 aromatic rings. The van der Waals surface area contributed by atoms with Gasteiger partial charge in [0.1, 0.15) is 10.6 Å². The number of pyridine rings is 1. The van der Waals surface area contributed by atoms with Crippen LogP contribution in [-0.4, -0.2) is 17.4 Å². The summed E-state index contributed by atoms with van der Waals surface area (Å²) < 4.78 is 28.9. The Bertz CT molecular complexity index is 1260. The number of carbonyl (C=O) groups is 1. The van der Waals surface area contributed by atoms with Crippen molar-refractivity contribution in [2.45, 2.75) is 6.61 Å². The second-order valence-electron chi connectivity index (χ2n) is 6.22. The van der Waals surface area contributed by atoms with Gasteiger partial charge in [-0.15, -0.1) is 11.3 Å². The maximum absolute atomic E-state index is 12.9. The molecule has 0 aliphatic rings. The minimum absolute atomic E-state index is 0.0301. The Morgan fingerprint density at radius 1 is 1.07 bits per heavy atom. The third-order valence-electron chi connectivity index (χ3n) is 4.37. The Balaban J connectivity index is 1.70. The maximum atomic E-state index is 12.9. The predicted octanol–water partition coefficient (Wildman–Crippen LogP) is 4.67. The van der Waals surface area contributed by atoms with Crippen LogP contribution in [0.5, 0.6) is 5.75 Å². The van der Waals surface area contributed by atoms with Crippen molar-refractivity contribution < 1.29 is 18.3 Å². The standard InChI is InChI=1S/C21H14F2N2O3S/c22-21(23)28-13-7-4-11(5-8-13)19(27)15-3-1-2-14(18(15)24)16-10-12-6-9-17(26)25-20(12)29-16/h1-10,21H,24H2,(H,25,26). The van der Waals surface area contributed by atoms with Crippen LogP contribution in [-0.2, 0) is 0 Å². The van der Waals surface area contributed by atoms with Gasteiger partial charge in [-0.3, -0.25) is 9.59 Å². The summed E-state index contributed by atoms with van der Waals surface area (Å²) in [5, 5.41) is 0.871. The van der Waals surface area contributed by atoms with Crippen LogP contribution in [0, 0.1) is 0 Å². The molecule has 0 unspecified atom stereocenters. The number of nitrogens with one attached hydrogen (secondary N) is 1. The summed E-state index contributed by atoms with van der Waals surface area (Å²) in [6.45, 7) is -2.93. The summed E-state index contributed by atoms with van der Waals surface area (Å²) in [5.41, 5.74) is 7.68. The van der Waals surface area contributed by atoms with E-state index in [1.807, 2.05) is 6.07 Å². The summed E-state index contributed by atoms with van der Waals surface area (Å²) in [5.74, 6) is -0.361. The Morgan fingerprint density at radius 2 is 1.83 bits per heavy atom. The lowest BCUT2D eigenvalue weighted by atomic mass is 9.98. The normalized spacial score (nSPS) is 11.1. The molecule has 0 fully saturated rings. The quantitative estimate of drug-likeness (QED) is 0.368. The van der Waals surface area contributed by atoms with Crippen molar-refractivity contribution in [3.8, 4) is 16.2 Å². The number of aromatic nitrogens is 1. The van der Waals surface area contributed by atoms with Crippen molar-refractivity contribution in [1.82, 2.24) is 4.98 Å². The first-order valence-corrected chi connectivity index (χ1v) is 9.35. The molecule has 0 aliphatic heterocycles. The lowest BCUT2D eigenvalue weighted by Crippen LogP contribution is -2.07. The third-order valence-corrected chi connectivity index (χ3v) is 5.47. The van der Waals surface area contributed by atoms with Gasteiger partial charge < -0.3 is 15.5 Å². The summed E-state index contributed by atoms with van der Waals surface area (Å²) >= 11 is 1.37. The van der Waals surface area contributed by atoms with Crippen molar-refractivity contribution in [3.05, 3.63) is 82.1 Å². The first kappa shape index (κ1) is 18.8.